The zero-order valence-electron chi connectivity index (χ0n) is 16.2. The van der Waals surface area contributed by atoms with E-state index < -0.39 is 0 Å². The Balaban J connectivity index is 1.36. The summed E-state index contributed by atoms with van der Waals surface area (Å²) in [7, 11) is 0. The lowest BCUT2D eigenvalue weighted by atomic mass is 10.1. The molecule has 7 heteroatoms. The number of nitrogens with zero attached hydrogens (tertiary/aromatic N) is 5. The van der Waals surface area contributed by atoms with E-state index in [4.69, 9.17) is 16.1 Å². The Labute approximate surface area is 170 Å². The van der Waals surface area contributed by atoms with Gasteiger partial charge in [-0.05, 0) is 25.5 Å². The van der Waals surface area contributed by atoms with Crippen LogP contribution in [0.4, 0.5) is 0 Å². The lowest BCUT2D eigenvalue weighted by Crippen LogP contribution is -2.46. The maximum absolute atomic E-state index is 6.24. The zero-order chi connectivity index (χ0) is 19.5. The van der Waals surface area contributed by atoms with Gasteiger partial charge in [0.15, 0.2) is 0 Å². The van der Waals surface area contributed by atoms with Crippen molar-refractivity contribution in [2.45, 2.75) is 26.4 Å². The molecule has 28 heavy (non-hydrogen) atoms. The largest absolute Gasteiger partial charge is 0.337 e. The molecular weight excluding hydrogens is 374 g/mol. The number of rotatable bonds is 5. The molecule has 3 heterocycles. The predicted octanol–water partition coefficient (Wildman–Crippen LogP) is 3.97. The summed E-state index contributed by atoms with van der Waals surface area (Å²) in [5, 5.41) is 4.90. The molecule has 0 radical (unpaired) electrons. The molecule has 2 aromatic heterocycles. The molecule has 1 aliphatic rings. The molecule has 0 saturated carbocycles. The zero-order valence-corrected chi connectivity index (χ0v) is 16.9. The highest BCUT2D eigenvalue weighted by Gasteiger charge is 2.26. The highest BCUT2D eigenvalue weighted by atomic mass is 35.5. The number of aromatic nitrogens is 3. The van der Waals surface area contributed by atoms with Gasteiger partial charge in [0.2, 0.25) is 11.7 Å². The van der Waals surface area contributed by atoms with Crippen molar-refractivity contribution in [2.75, 3.05) is 26.2 Å². The number of hydrogen-bond acceptors (Lipinski definition) is 6. The first-order valence-corrected chi connectivity index (χ1v) is 9.93. The number of aryl methyl sites for hydroxylation is 1. The third kappa shape index (κ3) is 4.24. The van der Waals surface area contributed by atoms with Gasteiger partial charge in [0.1, 0.15) is 0 Å². The fourth-order valence-corrected chi connectivity index (χ4v) is 3.64. The maximum atomic E-state index is 6.24. The highest BCUT2D eigenvalue weighted by Crippen LogP contribution is 2.24. The molecule has 0 unspecified atom stereocenters. The van der Waals surface area contributed by atoms with Gasteiger partial charge in [-0.2, -0.15) is 4.98 Å². The van der Waals surface area contributed by atoms with Gasteiger partial charge in [-0.15, -0.1) is 0 Å². The Morgan fingerprint density at radius 3 is 2.57 bits per heavy atom. The Kier molecular flexibility index (Phi) is 5.71. The van der Waals surface area contributed by atoms with Crippen LogP contribution in [-0.4, -0.2) is 51.1 Å². The van der Waals surface area contributed by atoms with E-state index in [0.717, 1.165) is 48.9 Å². The summed E-state index contributed by atoms with van der Waals surface area (Å²) in [6.45, 7) is 8.89. The molecule has 1 aromatic carbocycles. The van der Waals surface area contributed by atoms with Gasteiger partial charge in [-0.1, -0.05) is 46.6 Å². The van der Waals surface area contributed by atoms with Gasteiger partial charge in [-0.3, -0.25) is 14.8 Å². The van der Waals surface area contributed by atoms with Crippen molar-refractivity contribution in [3.05, 3.63) is 64.8 Å². The fourth-order valence-electron chi connectivity index (χ4n) is 3.46. The maximum Gasteiger partial charge on any atom is 0.244 e. The number of hydrogen-bond donors (Lipinski definition) is 0. The average molecular weight is 398 g/mol. The number of piperazine rings is 1. The van der Waals surface area contributed by atoms with Crippen LogP contribution in [0.5, 0.6) is 0 Å². The quantitative estimate of drug-likeness (QED) is 0.649. The van der Waals surface area contributed by atoms with Crippen LogP contribution in [0.1, 0.15) is 30.0 Å². The molecule has 4 rings (SSSR count). The van der Waals surface area contributed by atoms with E-state index in [0.29, 0.717) is 11.7 Å². The van der Waals surface area contributed by atoms with Crippen LogP contribution in [-0.2, 0) is 6.54 Å². The molecule has 1 saturated heterocycles. The van der Waals surface area contributed by atoms with E-state index in [1.165, 1.54) is 5.56 Å². The Morgan fingerprint density at radius 1 is 1.11 bits per heavy atom. The third-order valence-electron chi connectivity index (χ3n) is 5.31. The fraction of sp³-hybridized carbons (Fsp3) is 0.381. The van der Waals surface area contributed by atoms with Crippen molar-refractivity contribution in [1.29, 1.82) is 0 Å². The number of benzene rings is 1. The summed E-state index contributed by atoms with van der Waals surface area (Å²) in [6, 6.07) is 10.3. The second-order valence-electron chi connectivity index (χ2n) is 7.28. The van der Waals surface area contributed by atoms with Crippen molar-refractivity contribution in [2.24, 2.45) is 0 Å². The van der Waals surface area contributed by atoms with Crippen LogP contribution >= 0.6 is 11.6 Å². The minimum Gasteiger partial charge on any atom is -0.337 e. The van der Waals surface area contributed by atoms with Crippen molar-refractivity contribution in [3.8, 4) is 11.4 Å². The van der Waals surface area contributed by atoms with Gasteiger partial charge in [0.25, 0.3) is 0 Å². The molecule has 6 nitrogen and oxygen atoms in total. The average Bonchev–Trinajstić information content (AvgIpc) is 3.20. The summed E-state index contributed by atoms with van der Waals surface area (Å²) in [6.07, 6.45) is 3.50. The van der Waals surface area contributed by atoms with Gasteiger partial charge < -0.3 is 4.52 Å². The van der Waals surface area contributed by atoms with Crippen LogP contribution in [0, 0.1) is 6.92 Å². The monoisotopic (exact) mass is 397 g/mol. The van der Waals surface area contributed by atoms with Gasteiger partial charge in [0.05, 0.1) is 11.1 Å². The first-order chi connectivity index (χ1) is 13.6. The van der Waals surface area contributed by atoms with E-state index in [1.54, 1.807) is 12.4 Å². The third-order valence-corrected chi connectivity index (χ3v) is 5.65. The van der Waals surface area contributed by atoms with E-state index in [9.17, 15) is 0 Å². The predicted molar refractivity (Wildman–Crippen MR) is 109 cm³/mol. The number of pyridine rings is 1. The van der Waals surface area contributed by atoms with E-state index >= 15 is 0 Å². The highest BCUT2D eigenvalue weighted by molar-refractivity contribution is 6.31. The molecule has 0 bridgehead atoms. The summed E-state index contributed by atoms with van der Waals surface area (Å²) >= 11 is 6.24. The van der Waals surface area contributed by atoms with Gasteiger partial charge >= 0.3 is 0 Å². The molecular formula is C21H24ClN5O. The molecule has 0 N–H and O–H groups in total. The van der Waals surface area contributed by atoms with Crippen molar-refractivity contribution in [1.82, 2.24) is 24.9 Å². The van der Waals surface area contributed by atoms with Gasteiger partial charge in [-0.25, -0.2) is 0 Å². The molecule has 0 aliphatic carbocycles. The van der Waals surface area contributed by atoms with Crippen LogP contribution in [0.15, 0.2) is 47.2 Å². The standard InChI is InChI=1S/C21H24ClN5O/c1-15-3-5-17(6-4-15)20-24-21(28-25-20)16(2)27-11-9-26(10-12-27)14-18-7-8-23-13-19(18)22/h3-8,13,16H,9-12,14H2,1-2H3/t16-/m0/s1. The lowest BCUT2D eigenvalue weighted by Gasteiger charge is -2.36. The van der Waals surface area contributed by atoms with Crippen LogP contribution in [0.25, 0.3) is 11.4 Å². The van der Waals surface area contributed by atoms with E-state index in [2.05, 4.69) is 50.9 Å². The van der Waals surface area contributed by atoms with Crippen molar-refractivity contribution < 1.29 is 4.52 Å². The Bertz CT molecular complexity index is 919. The molecule has 3 aromatic rings. The molecule has 1 aliphatic heterocycles. The van der Waals surface area contributed by atoms with E-state index in [1.807, 2.05) is 18.2 Å². The molecule has 146 valence electrons. The second-order valence-corrected chi connectivity index (χ2v) is 7.68. The van der Waals surface area contributed by atoms with Crippen molar-refractivity contribution >= 4 is 11.6 Å². The summed E-state index contributed by atoms with van der Waals surface area (Å²) in [5.41, 5.74) is 3.32. The summed E-state index contributed by atoms with van der Waals surface area (Å²) in [5.74, 6) is 1.31. The van der Waals surface area contributed by atoms with Crippen LogP contribution in [0.2, 0.25) is 5.02 Å². The Hall–Kier alpha value is -2.28. The summed E-state index contributed by atoms with van der Waals surface area (Å²) in [4.78, 5) is 13.5. The van der Waals surface area contributed by atoms with Gasteiger partial charge in [0, 0.05) is 50.7 Å². The van der Waals surface area contributed by atoms with E-state index in [-0.39, 0.29) is 6.04 Å². The molecule has 0 spiro atoms. The molecule has 0 amide bonds. The first-order valence-electron chi connectivity index (χ1n) is 9.55. The molecule has 1 atom stereocenters. The minimum atomic E-state index is 0.0957. The van der Waals surface area contributed by atoms with Crippen LogP contribution < -0.4 is 0 Å². The first kappa shape index (κ1) is 19.1. The minimum absolute atomic E-state index is 0.0957. The summed E-state index contributed by atoms with van der Waals surface area (Å²) < 4.78 is 5.56. The topological polar surface area (TPSA) is 58.3 Å². The second kappa shape index (κ2) is 8.39. The Morgan fingerprint density at radius 2 is 1.86 bits per heavy atom. The number of halogens is 1. The van der Waals surface area contributed by atoms with Crippen molar-refractivity contribution in [3.63, 3.8) is 0 Å². The smallest absolute Gasteiger partial charge is 0.244 e. The lowest BCUT2D eigenvalue weighted by molar-refractivity contribution is 0.0845. The van der Waals surface area contributed by atoms with Crippen LogP contribution in [0.3, 0.4) is 0 Å². The SMILES string of the molecule is Cc1ccc(-c2noc([C@H](C)N3CCN(Cc4ccncc4Cl)CC3)n2)cc1. The molecule has 1 fully saturated rings. The normalized spacial score (nSPS) is 17.0.